The fraction of sp³-hybridized carbons (Fsp3) is 0.786. The molecule has 0 amide bonds. The zero-order valence-corrected chi connectivity index (χ0v) is 10.6. The molecule has 0 rings (SSSR count). The molecule has 0 bridgehead atoms. The molecular formula is C14H26O. The molecule has 0 aliphatic heterocycles. The van der Waals surface area contributed by atoms with Crippen molar-refractivity contribution in [1.82, 2.24) is 0 Å². The number of allylic oxidation sites excluding steroid dienone is 2. The van der Waals surface area contributed by atoms with Gasteiger partial charge in [0.25, 0.3) is 0 Å². The second kappa shape index (κ2) is 9.95. The lowest BCUT2D eigenvalue weighted by Crippen LogP contribution is -1.97. The monoisotopic (exact) mass is 210 g/mol. The topological polar surface area (TPSA) is 17.1 Å². The van der Waals surface area contributed by atoms with Gasteiger partial charge in [-0.1, -0.05) is 52.0 Å². The van der Waals surface area contributed by atoms with Crippen LogP contribution in [0.1, 0.15) is 72.1 Å². The number of Topliss-reactive ketones (excluding diaryl/α,β-unsaturated/α-hetero) is 1. The molecule has 0 saturated carbocycles. The SMILES string of the molecule is CCCC/C=C(\CCCCCC)C(C)=O. The maximum atomic E-state index is 11.3. The van der Waals surface area contributed by atoms with Crippen molar-refractivity contribution in [3.63, 3.8) is 0 Å². The maximum Gasteiger partial charge on any atom is 0.155 e. The lowest BCUT2D eigenvalue weighted by molar-refractivity contribution is -0.113. The predicted molar refractivity (Wildman–Crippen MR) is 67.0 cm³/mol. The molecule has 0 aliphatic rings. The third kappa shape index (κ3) is 8.41. The molecule has 1 heteroatoms. The van der Waals surface area contributed by atoms with E-state index in [2.05, 4.69) is 19.9 Å². The molecule has 88 valence electrons. The summed E-state index contributed by atoms with van der Waals surface area (Å²) in [6.45, 7) is 6.09. The Hall–Kier alpha value is -0.590. The normalized spacial score (nSPS) is 11.8. The highest BCUT2D eigenvalue weighted by atomic mass is 16.1. The Morgan fingerprint density at radius 3 is 2.20 bits per heavy atom. The first-order valence-corrected chi connectivity index (χ1v) is 6.42. The number of unbranched alkanes of at least 4 members (excludes halogenated alkanes) is 5. The summed E-state index contributed by atoms with van der Waals surface area (Å²) in [4.78, 5) is 11.3. The maximum absolute atomic E-state index is 11.3. The van der Waals surface area contributed by atoms with E-state index in [0.29, 0.717) is 0 Å². The van der Waals surface area contributed by atoms with Crippen LogP contribution in [-0.4, -0.2) is 5.78 Å². The summed E-state index contributed by atoms with van der Waals surface area (Å²) >= 11 is 0. The van der Waals surface area contributed by atoms with Crippen LogP contribution in [-0.2, 0) is 4.79 Å². The number of hydrogen-bond acceptors (Lipinski definition) is 1. The van der Waals surface area contributed by atoms with Gasteiger partial charge in [0.1, 0.15) is 0 Å². The number of carbonyl (C=O) groups is 1. The van der Waals surface area contributed by atoms with Crippen LogP contribution < -0.4 is 0 Å². The Kier molecular flexibility index (Phi) is 9.55. The quantitative estimate of drug-likeness (QED) is 0.399. The van der Waals surface area contributed by atoms with Gasteiger partial charge in [-0.05, 0) is 31.8 Å². The molecule has 0 heterocycles. The minimum absolute atomic E-state index is 0.266. The number of carbonyl (C=O) groups excluding carboxylic acids is 1. The van der Waals surface area contributed by atoms with Crippen molar-refractivity contribution < 1.29 is 4.79 Å². The van der Waals surface area contributed by atoms with E-state index in [4.69, 9.17) is 0 Å². The Morgan fingerprint density at radius 2 is 1.67 bits per heavy atom. The van der Waals surface area contributed by atoms with Gasteiger partial charge in [-0.3, -0.25) is 4.79 Å². The van der Waals surface area contributed by atoms with Gasteiger partial charge in [0, 0.05) is 0 Å². The van der Waals surface area contributed by atoms with Crippen molar-refractivity contribution >= 4 is 5.78 Å². The first-order chi connectivity index (χ1) is 7.22. The minimum atomic E-state index is 0.266. The summed E-state index contributed by atoms with van der Waals surface area (Å²) in [7, 11) is 0. The summed E-state index contributed by atoms with van der Waals surface area (Å²) in [6, 6.07) is 0. The summed E-state index contributed by atoms with van der Waals surface area (Å²) < 4.78 is 0. The number of hydrogen-bond donors (Lipinski definition) is 0. The molecule has 0 fully saturated rings. The highest BCUT2D eigenvalue weighted by molar-refractivity contribution is 5.93. The highest BCUT2D eigenvalue weighted by Gasteiger charge is 2.02. The molecule has 15 heavy (non-hydrogen) atoms. The van der Waals surface area contributed by atoms with Crippen molar-refractivity contribution in [2.45, 2.75) is 72.1 Å². The molecule has 0 aromatic heterocycles. The lowest BCUT2D eigenvalue weighted by Gasteiger charge is -2.03. The van der Waals surface area contributed by atoms with Crippen molar-refractivity contribution in [2.24, 2.45) is 0 Å². The molecular weight excluding hydrogens is 184 g/mol. The van der Waals surface area contributed by atoms with E-state index < -0.39 is 0 Å². The molecule has 0 spiro atoms. The third-order valence-corrected chi connectivity index (χ3v) is 2.70. The second-order valence-corrected chi connectivity index (χ2v) is 4.24. The predicted octanol–water partition coefficient (Wildman–Crippen LogP) is 4.66. The van der Waals surface area contributed by atoms with Crippen LogP contribution in [0.5, 0.6) is 0 Å². The smallest absolute Gasteiger partial charge is 0.155 e. The van der Waals surface area contributed by atoms with E-state index in [1.807, 2.05) is 0 Å². The number of rotatable bonds is 9. The average molecular weight is 210 g/mol. The van der Waals surface area contributed by atoms with E-state index in [1.165, 1.54) is 38.5 Å². The van der Waals surface area contributed by atoms with Gasteiger partial charge >= 0.3 is 0 Å². The minimum Gasteiger partial charge on any atom is -0.295 e. The molecule has 0 aliphatic carbocycles. The average Bonchev–Trinajstić information content (AvgIpc) is 2.21. The Morgan fingerprint density at radius 1 is 1.00 bits per heavy atom. The zero-order chi connectivity index (χ0) is 11.5. The zero-order valence-electron chi connectivity index (χ0n) is 10.6. The van der Waals surface area contributed by atoms with Crippen molar-refractivity contribution in [3.8, 4) is 0 Å². The lowest BCUT2D eigenvalue weighted by atomic mass is 10.0. The highest BCUT2D eigenvalue weighted by Crippen LogP contribution is 2.12. The molecule has 0 N–H and O–H groups in total. The van der Waals surface area contributed by atoms with Gasteiger partial charge < -0.3 is 0 Å². The van der Waals surface area contributed by atoms with Crippen molar-refractivity contribution in [1.29, 1.82) is 0 Å². The van der Waals surface area contributed by atoms with E-state index in [-0.39, 0.29) is 5.78 Å². The molecule has 0 saturated heterocycles. The van der Waals surface area contributed by atoms with E-state index in [1.54, 1.807) is 6.92 Å². The molecule has 1 nitrogen and oxygen atoms in total. The van der Waals surface area contributed by atoms with E-state index >= 15 is 0 Å². The molecule has 0 aromatic carbocycles. The van der Waals surface area contributed by atoms with E-state index in [0.717, 1.165) is 18.4 Å². The van der Waals surface area contributed by atoms with Crippen molar-refractivity contribution in [2.75, 3.05) is 0 Å². The van der Waals surface area contributed by atoms with Crippen LogP contribution in [0.25, 0.3) is 0 Å². The number of ketones is 1. The first-order valence-electron chi connectivity index (χ1n) is 6.42. The molecule has 0 atom stereocenters. The van der Waals surface area contributed by atoms with E-state index in [9.17, 15) is 4.79 Å². The molecule has 0 unspecified atom stereocenters. The Bertz CT molecular complexity index is 192. The summed E-state index contributed by atoms with van der Waals surface area (Å²) in [6.07, 6.45) is 11.6. The van der Waals surface area contributed by atoms with Crippen LogP contribution in [0.2, 0.25) is 0 Å². The second-order valence-electron chi connectivity index (χ2n) is 4.24. The molecule has 0 radical (unpaired) electrons. The third-order valence-electron chi connectivity index (χ3n) is 2.70. The van der Waals surface area contributed by atoms with Crippen LogP contribution >= 0.6 is 0 Å². The van der Waals surface area contributed by atoms with Crippen LogP contribution in [0.15, 0.2) is 11.6 Å². The molecule has 0 aromatic rings. The fourth-order valence-electron chi connectivity index (χ4n) is 1.64. The van der Waals surface area contributed by atoms with Gasteiger partial charge in [-0.2, -0.15) is 0 Å². The van der Waals surface area contributed by atoms with Gasteiger partial charge in [-0.15, -0.1) is 0 Å². The summed E-state index contributed by atoms with van der Waals surface area (Å²) in [5, 5.41) is 0. The van der Waals surface area contributed by atoms with Gasteiger partial charge in [0.2, 0.25) is 0 Å². The Balaban J connectivity index is 3.83. The van der Waals surface area contributed by atoms with Crippen LogP contribution in [0, 0.1) is 0 Å². The largest absolute Gasteiger partial charge is 0.295 e. The Labute approximate surface area is 95.0 Å². The summed E-state index contributed by atoms with van der Waals surface area (Å²) in [5.41, 5.74) is 1.06. The van der Waals surface area contributed by atoms with Gasteiger partial charge in [0.05, 0.1) is 0 Å². The fourth-order valence-corrected chi connectivity index (χ4v) is 1.64. The van der Waals surface area contributed by atoms with Crippen molar-refractivity contribution in [3.05, 3.63) is 11.6 Å². The first kappa shape index (κ1) is 14.4. The van der Waals surface area contributed by atoms with Gasteiger partial charge in [0.15, 0.2) is 5.78 Å². The standard InChI is InChI=1S/C14H26O/c1-4-6-8-10-12-14(13(3)15)11-9-7-5-2/h11H,4-10,12H2,1-3H3/b14-11+. The van der Waals surface area contributed by atoms with Gasteiger partial charge in [-0.25, -0.2) is 0 Å². The van der Waals surface area contributed by atoms with Crippen LogP contribution in [0.4, 0.5) is 0 Å². The summed E-state index contributed by atoms with van der Waals surface area (Å²) in [5.74, 6) is 0.266. The van der Waals surface area contributed by atoms with Crippen LogP contribution in [0.3, 0.4) is 0 Å².